The molecule has 0 N–H and O–H groups in total. The fourth-order valence-corrected chi connectivity index (χ4v) is 4.07. The molecule has 5 nitrogen and oxygen atoms in total. The Kier molecular flexibility index (Phi) is 4.57. The van der Waals surface area contributed by atoms with Crippen LogP contribution in [-0.4, -0.2) is 51.7 Å². The molecule has 0 aliphatic carbocycles. The molecule has 0 bridgehead atoms. The molecule has 1 amide bonds. The normalized spacial score (nSPS) is 25.4. The first-order chi connectivity index (χ1) is 11.0. The lowest BCUT2D eigenvalue weighted by Crippen LogP contribution is -2.48. The standard InChI is InChI=1S/C18H28N4O/c1-4-22-12-16(10-19-22)11-20-9-7-18(13-20)6-5-8-21(14-18)17(23)15(2)3/h4,10,12,15H,1,5-9,11,13-14H2,2-3H3/t18-/m1/s1. The number of rotatable bonds is 4. The lowest BCUT2D eigenvalue weighted by atomic mass is 9.79. The van der Waals surface area contributed by atoms with E-state index < -0.39 is 0 Å². The molecule has 0 saturated carbocycles. The minimum atomic E-state index is 0.104. The summed E-state index contributed by atoms with van der Waals surface area (Å²) in [6, 6.07) is 0. The topological polar surface area (TPSA) is 41.4 Å². The summed E-state index contributed by atoms with van der Waals surface area (Å²) in [5, 5.41) is 4.25. The SMILES string of the molecule is C=Cn1cc(CN2CC[C@]3(CCCN(C(=O)C(C)C)C3)C2)cn1. The summed E-state index contributed by atoms with van der Waals surface area (Å²) in [7, 11) is 0. The fraction of sp³-hybridized carbons (Fsp3) is 0.667. The Balaban J connectivity index is 1.61. The molecule has 1 aromatic rings. The van der Waals surface area contributed by atoms with Crippen LogP contribution in [0.15, 0.2) is 19.0 Å². The molecule has 0 aromatic carbocycles. The van der Waals surface area contributed by atoms with E-state index in [1.807, 2.05) is 26.2 Å². The molecule has 1 spiro atoms. The molecular formula is C18H28N4O. The highest BCUT2D eigenvalue weighted by molar-refractivity contribution is 5.78. The Morgan fingerprint density at radius 1 is 1.39 bits per heavy atom. The van der Waals surface area contributed by atoms with E-state index in [1.165, 1.54) is 18.4 Å². The predicted octanol–water partition coefficient (Wildman–Crippen LogP) is 2.45. The average Bonchev–Trinajstić information content (AvgIpc) is 3.14. The molecule has 5 heteroatoms. The van der Waals surface area contributed by atoms with Crippen molar-refractivity contribution in [1.82, 2.24) is 19.6 Å². The van der Waals surface area contributed by atoms with Crippen LogP contribution in [0.2, 0.25) is 0 Å². The molecule has 2 saturated heterocycles. The number of hydrogen-bond acceptors (Lipinski definition) is 3. The molecule has 1 atom stereocenters. The van der Waals surface area contributed by atoms with Crippen molar-refractivity contribution >= 4 is 12.1 Å². The van der Waals surface area contributed by atoms with Crippen molar-refractivity contribution in [2.45, 2.75) is 39.7 Å². The van der Waals surface area contributed by atoms with Crippen LogP contribution >= 0.6 is 0 Å². The third-order valence-electron chi connectivity index (χ3n) is 5.23. The van der Waals surface area contributed by atoms with E-state index in [0.29, 0.717) is 11.3 Å². The fourth-order valence-electron chi connectivity index (χ4n) is 4.07. The average molecular weight is 316 g/mol. The Morgan fingerprint density at radius 3 is 2.91 bits per heavy atom. The maximum Gasteiger partial charge on any atom is 0.225 e. The van der Waals surface area contributed by atoms with Gasteiger partial charge >= 0.3 is 0 Å². The van der Waals surface area contributed by atoms with Crippen LogP contribution in [0.4, 0.5) is 0 Å². The number of amides is 1. The first kappa shape index (κ1) is 16.2. The first-order valence-electron chi connectivity index (χ1n) is 8.68. The van der Waals surface area contributed by atoms with Crippen LogP contribution < -0.4 is 0 Å². The molecule has 2 aliphatic rings. The van der Waals surface area contributed by atoms with Crippen molar-refractivity contribution in [2.24, 2.45) is 11.3 Å². The number of carbonyl (C=O) groups excluding carboxylic acids is 1. The number of piperidine rings is 1. The Hall–Kier alpha value is -1.62. The molecule has 1 aromatic heterocycles. The van der Waals surface area contributed by atoms with Gasteiger partial charge in [-0.3, -0.25) is 9.69 Å². The van der Waals surface area contributed by atoms with Gasteiger partial charge in [-0.05, 0) is 25.8 Å². The van der Waals surface area contributed by atoms with Crippen LogP contribution in [-0.2, 0) is 11.3 Å². The van der Waals surface area contributed by atoms with Crippen LogP contribution in [0.5, 0.6) is 0 Å². The highest BCUT2D eigenvalue weighted by Crippen LogP contribution is 2.39. The van der Waals surface area contributed by atoms with Crippen LogP contribution in [0.1, 0.15) is 38.7 Å². The monoisotopic (exact) mass is 316 g/mol. The van der Waals surface area contributed by atoms with Crippen molar-refractivity contribution in [3.63, 3.8) is 0 Å². The second-order valence-corrected chi connectivity index (χ2v) is 7.49. The van der Waals surface area contributed by atoms with Gasteiger partial charge in [0.25, 0.3) is 0 Å². The van der Waals surface area contributed by atoms with Gasteiger partial charge in [0, 0.05) is 55.5 Å². The van der Waals surface area contributed by atoms with Crippen molar-refractivity contribution < 1.29 is 4.79 Å². The van der Waals surface area contributed by atoms with Gasteiger partial charge in [0.2, 0.25) is 5.91 Å². The summed E-state index contributed by atoms with van der Waals surface area (Å²) < 4.78 is 1.75. The van der Waals surface area contributed by atoms with Gasteiger partial charge in [-0.2, -0.15) is 5.10 Å². The van der Waals surface area contributed by atoms with E-state index in [9.17, 15) is 4.79 Å². The van der Waals surface area contributed by atoms with Crippen LogP contribution in [0, 0.1) is 11.3 Å². The second-order valence-electron chi connectivity index (χ2n) is 7.49. The molecule has 2 aliphatic heterocycles. The zero-order valence-corrected chi connectivity index (χ0v) is 14.4. The Bertz CT molecular complexity index is 579. The number of nitrogens with zero attached hydrogens (tertiary/aromatic N) is 4. The van der Waals surface area contributed by atoms with Gasteiger partial charge in [0.1, 0.15) is 0 Å². The molecule has 126 valence electrons. The molecular weight excluding hydrogens is 288 g/mol. The van der Waals surface area contributed by atoms with Crippen LogP contribution in [0.25, 0.3) is 6.20 Å². The van der Waals surface area contributed by atoms with E-state index in [4.69, 9.17) is 0 Å². The maximum atomic E-state index is 12.3. The zero-order chi connectivity index (χ0) is 16.4. The van der Waals surface area contributed by atoms with E-state index in [-0.39, 0.29) is 5.92 Å². The van der Waals surface area contributed by atoms with Gasteiger partial charge < -0.3 is 4.90 Å². The van der Waals surface area contributed by atoms with Gasteiger partial charge in [-0.25, -0.2) is 4.68 Å². The van der Waals surface area contributed by atoms with Gasteiger partial charge in [-0.15, -0.1) is 0 Å². The smallest absolute Gasteiger partial charge is 0.225 e. The largest absolute Gasteiger partial charge is 0.342 e. The summed E-state index contributed by atoms with van der Waals surface area (Å²) in [6.45, 7) is 12.8. The van der Waals surface area contributed by atoms with E-state index in [2.05, 4.69) is 21.5 Å². The van der Waals surface area contributed by atoms with E-state index >= 15 is 0 Å². The summed E-state index contributed by atoms with van der Waals surface area (Å²) >= 11 is 0. The van der Waals surface area contributed by atoms with Gasteiger partial charge in [0.15, 0.2) is 0 Å². The van der Waals surface area contributed by atoms with Crippen LogP contribution in [0.3, 0.4) is 0 Å². The summed E-state index contributed by atoms with van der Waals surface area (Å²) in [4.78, 5) is 17.0. The Labute approximate surface area is 138 Å². The second kappa shape index (κ2) is 6.48. The third-order valence-corrected chi connectivity index (χ3v) is 5.23. The first-order valence-corrected chi connectivity index (χ1v) is 8.68. The highest BCUT2D eigenvalue weighted by Gasteiger charge is 2.42. The lowest BCUT2D eigenvalue weighted by molar-refractivity contribution is -0.137. The quantitative estimate of drug-likeness (QED) is 0.857. The summed E-state index contributed by atoms with van der Waals surface area (Å²) in [5.41, 5.74) is 1.53. The molecule has 0 unspecified atom stereocenters. The number of carbonyl (C=O) groups is 1. The minimum Gasteiger partial charge on any atom is -0.342 e. The lowest BCUT2D eigenvalue weighted by Gasteiger charge is -2.41. The molecule has 3 heterocycles. The number of hydrogen-bond donors (Lipinski definition) is 0. The molecule has 2 fully saturated rings. The maximum absolute atomic E-state index is 12.3. The van der Waals surface area contributed by atoms with Gasteiger partial charge in [0.05, 0.1) is 6.20 Å². The number of likely N-dealkylation sites (tertiary alicyclic amines) is 2. The van der Waals surface area contributed by atoms with Gasteiger partial charge in [-0.1, -0.05) is 20.4 Å². The van der Waals surface area contributed by atoms with E-state index in [0.717, 1.165) is 39.1 Å². The van der Waals surface area contributed by atoms with Crippen molar-refractivity contribution in [3.8, 4) is 0 Å². The van der Waals surface area contributed by atoms with E-state index in [1.54, 1.807) is 10.9 Å². The molecule has 0 radical (unpaired) electrons. The molecule has 3 rings (SSSR count). The van der Waals surface area contributed by atoms with Crippen molar-refractivity contribution in [1.29, 1.82) is 0 Å². The van der Waals surface area contributed by atoms with Crippen molar-refractivity contribution in [2.75, 3.05) is 26.2 Å². The minimum absolute atomic E-state index is 0.104. The number of aromatic nitrogens is 2. The summed E-state index contributed by atoms with van der Waals surface area (Å²) in [5.74, 6) is 0.419. The Morgan fingerprint density at radius 2 is 2.22 bits per heavy atom. The zero-order valence-electron chi connectivity index (χ0n) is 14.4. The third kappa shape index (κ3) is 3.50. The highest BCUT2D eigenvalue weighted by atomic mass is 16.2. The summed E-state index contributed by atoms with van der Waals surface area (Å²) in [6.07, 6.45) is 9.25. The predicted molar refractivity (Wildman–Crippen MR) is 91.6 cm³/mol. The molecule has 23 heavy (non-hydrogen) atoms. The van der Waals surface area contributed by atoms with Crippen molar-refractivity contribution in [3.05, 3.63) is 24.5 Å².